The summed E-state index contributed by atoms with van der Waals surface area (Å²) in [5.74, 6) is 2.20. The normalized spacial score (nSPS) is 24.0. The molecule has 0 saturated heterocycles. The molecule has 2 aliphatic carbocycles. The van der Waals surface area contributed by atoms with Crippen molar-refractivity contribution in [1.82, 2.24) is 4.90 Å². The lowest BCUT2D eigenvalue weighted by Gasteiger charge is -2.40. The Bertz CT molecular complexity index is 1040. The molecule has 2 fully saturated rings. The lowest BCUT2D eigenvalue weighted by molar-refractivity contribution is -0.109. The Kier molecular flexibility index (Phi) is 12.6. The maximum atomic E-state index is 13.5. The van der Waals surface area contributed by atoms with Gasteiger partial charge in [-0.3, -0.25) is 0 Å². The first-order valence-electron chi connectivity index (χ1n) is 15.0. The van der Waals surface area contributed by atoms with E-state index in [0.29, 0.717) is 30.1 Å². The van der Waals surface area contributed by atoms with E-state index < -0.39 is 0 Å². The molecule has 220 valence electrons. The Morgan fingerprint density at radius 1 is 0.900 bits per heavy atom. The highest BCUT2D eigenvalue weighted by Gasteiger charge is 2.33. The molecule has 0 aliphatic heterocycles. The highest BCUT2D eigenvalue weighted by molar-refractivity contribution is 6.30. The Labute approximate surface area is 246 Å². The highest BCUT2D eigenvalue weighted by atomic mass is 35.5. The summed E-state index contributed by atoms with van der Waals surface area (Å²) in [6.45, 7) is 4.54. The van der Waals surface area contributed by atoms with E-state index in [1.165, 1.54) is 31.7 Å². The third-order valence-corrected chi connectivity index (χ3v) is 9.37. The Hall–Kier alpha value is -2.24. The predicted octanol–water partition coefficient (Wildman–Crippen LogP) is 8.75. The molecule has 0 heterocycles. The average molecular weight is 571 g/mol. The van der Waals surface area contributed by atoms with Crippen LogP contribution >= 0.6 is 11.6 Å². The van der Waals surface area contributed by atoms with Gasteiger partial charge in [0.25, 0.3) is 0 Å². The van der Waals surface area contributed by atoms with Gasteiger partial charge in [0.15, 0.2) is 0 Å². The van der Waals surface area contributed by atoms with E-state index in [2.05, 4.69) is 38.2 Å². The van der Waals surface area contributed by atoms with Gasteiger partial charge >= 0.3 is 0 Å². The predicted molar refractivity (Wildman–Crippen MR) is 164 cm³/mol. The molecule has 0 spiro atoms. The van der Waals surface area contributed by atoms with Crippen molar-refractivity contribution in [2.45, 2.75) is 89.6 Å². The topological polar surface area (TPSA) is 49.4 Å². The third kappa shape index (κ3) is 9.69. The molecule has 2 saturated carbocycles. The fourth-order valence-electron chi connectivity index (χ4n) is 6.82. The van der Waals surface area contributed by atoms with Crippen molar-refractivity contribution in [3.63, 3.8) is 0 Å². The summed E-state index contributed by atoms with van der Waals surface area (Å²) in [6.07, 6.45) is 12.8. The molecule has 2 aliphatic rings. The maximum Gasteiger partial charge on any atom is 0.123 e. The summed E-state index contributed by atoms with van der Waals surface area (Å²) in [6, 6.07) is 15.1. The molecule has 1 unspecified atom stereocenters. The molecule has 4 rings (SSSR count). The van der Waals surface area contributed by atoms with Gasteiger partial charge in [0.1, 0.15) is 18.4 Å². The molecule has 0 amide bonds. The average Bonchev–Trinajstić information content (AvgIpc) is 2.92. The molecule has 2 aromatic rings. The van der Waals surface area contributed by atoms with Gasteiger partial charge in [-0.15, -0.1) is 0 Å². The van der Waals surface area contributed by atoms with Crippen LogP contribution in [0.15, 0.2) is 48.5 Å². The molecular weight excluding hydrogens is 523 g/mol. The fraction of sp³-hybridized carbons (Fsp3) is 0.588. The molecule has 0 radical (unpaired) electrons. The minimum absolute atomic E-state index is 0.0694. The van der Waals surface area contributed by atoms with Gasteiger partial charge in [0.2, 0.25) is 0 Å². The zero-order valence-electron chi connectivity index (χ0n) is 24.8. The van der Waals surface area contributed by atoms with Gasteiger partial charge in [-0.2, -0.15) is 0 Å². The molecular formula is C34H48ClFN2O2. The van der Waals surface area contributed by atoms with Crippen LogP contribution in [-0.4, -0.2) is 37.1 Å². The smallest absolute Gasteiger partial charge is 0.123 e. The summed E-state index contributed by atoms with van der Waals surface area (Å²) >= 11 is 5.92. The second kappa shape index (κ2) is 15.7. The summed E-state index contributed by atoms with van der Waals surface area (Å²) in [5.41, 5.74) is 2.25. The van der Waals surface area contributed by atoms with Gasteiger partial charge in [-0.25, -0.2) is 4.39 Å². The lowest BCUT2D eigenvalue weighted by atomic mass is 9.72. The Morgan fingerprint density at radius 2 is 1.45 bits per heavy atom. The van der Waals surface area contributed by atoms with E-state index in [1.54, 1.807) is 12.1 Å². The summed E-state index contributed by atoms with van der Waals surface area (Å²) in [5, 5.41) is 4.40. The van der Waals surface area contributed by atoms with E-state index in [9.17, 15) is 14.0 Å². The first-order chi connectivity index (χ1) is 19.1. The van der Waals surface area contributed by atoms with Crippen LogP contribution in [0.1, 0.15) is 89.7 Å². The number of hydrogen-bond acceptors (Lipinski definition) is 4. The fourth-order valence-corrected chi connectivity index (χ4v) is 6.95. The van der Waals surface area contributed by atoms with Crippen LogP contribution in [0.3, 0.4) is 0 Å². The second-order valence-electron chi connectivity index (χ2n) is 12.6. The van der Waals surface area contributed by atoms with Gasteiger partial charge in [-0.1, -0.05) is 23.7 Å². The van der Waals surface area contributed by atoms with Crippen molar-refractivity contribution in [3.05, 3.63) is 64.9 Å². The molecule has 1 atom stereocenters. The minimum Gasteiger partial charge on any atom is -0.380 e. The van der Waals surface area contributed by atoms with Crippen LogP contribution in [-0.2, 0) is 9.59 Å². The number of halogens is 2. The molecule has 0 aromatic heterocycles. The maximum absolute atomic E-state index is 13.5. The highest BCUT2D eigenvalue weighted by Crippen LogP contribution is 2.40. The standard InChI is InChI=1S/C17H24ClNO.C17H24FNO/c1-17(2,19-16-9-7-15(18)8-10-16)14-5-3-13(4-6-14)11-12-20;1-19(2)17(15-4-3-5-16(18)12-15)14-8-6-13(7-9-14)10-11-20/h7-10,12-14,19H,3-6,11H2,1-2H3;3-5,11-14,17H,6-10H2,1-2H3. The van der Waals surface area contributed by atoms with Crippen LogP contribution in [0.4, 0.5) is 10.1 Å². The van der Waals surface area contributed by atoms with Gasteiger partial charge < -0.3 is 19.8 Å². The van der Waals surface area contributed by atoms with Crippen LogP contribution in [0.5, 0.6) is 0 Å². The van der Waals surface area contributed by atoms with Crippen molar-refractivity contribution in [1.29, 1.82) is 0 Å². The number of rotatable bonds is 10. The minimum atomic E-state index is -0.163. The number of carbonyl (C=O) groups is 2. The van der Waals surface area contributed by atoms with Gasteiger partial charge in [0, 0.05) is 35.1 Å². The van der Waals surface area contributed by atoms with Crippen molar-refractivity contribution in [2.24, 2.45) is 23.7 Å². The number of aldehydes is 2. The van der Waals surface area contributed by atoms with Crippen molar-refractivity contribution in [2.75, 3.05) is 19.4 Å². The van der Waals surface area contributed by atoms with E-state index in [0.717, 1.165) is 60.9 Å². The first kappa shape index (κ1) is 32.3. The largest absolute Gasteiger partial charge is 0.380 e. The molecule has 4 nitrogen and oxygen atoms in total. The summed E-state index contributed by atoms with van der Waals surface area (Å²) < 4.78 is 13.5. The summed E-state index contributed by atoms with van der Waals surface area (Å²) in [4.78, 5) is 23.4. The molecule has 0 bridgehead atoms. The summed E-state index contributed by atoms with van der Waals surface area (Å²) in [7, 11) is 4.13. The zero-order valence-corrected chi connectivity index (χ0v) is 25.5. The molecule has 1 N–H and O–H groups in total. The Morgan fingerprint density at radius 3 is 1.95 bits per heavy atom. The Balaban J connectivity index is 0.000000220. The SMILES string of the molecule is CC(C)(Nc1ccc(Cl)cc1)C1CCC(CC=O)CC1.CN(C)C(c1cccc(F)c1)C1CCC(CC=O)CC1. The van der Waals surface area contributed by atoms with Crippen LogP contribution in [0.2, 0.25) is 5.02 Å². The zero-order chi connectivity index (χ0) is 29.1. The number of anilines is 1. The van der Waals surface area contributed by atoms with Crippen LogP contribution in [0, 0.1) is 29.5 Å². The molecule has 2 aromatic carbocycles. The van der Waals surface area contributed by atoms with Gasteiger partial charge in [0.05, 0.1) is 0 Å². The third-order valence-electron chi connectivity index (χ3n) is 9.12. The number of carbonyl (C=O) groups excluding carboxylic acids is 2. The van der Waals surface area contributed by atoms with Crippen molar-refractivity contribution >= 4 is 29.9 Å². The van der Waals surface area contributed by atoms with Crippen molar-refractivity contribution < 1.29 is 14.0 Å². The molecule has 6 heteroatoms. The number of benzene rings is 2. The number of nitrogens with zero attached hydrogens (tertiary/aromatic N) is 1. The number of nitrogens with one attached hydrogen (secondary N) is 1. The van der Waals surface area contributed by atoms with E-state index >= 15 is 0 Å². The monoisotopic (exact) mass is 570 g/mol. The lowest BCUT2D eigenvalue weighted by Crippen LogP contribution is -2.41. The first-order valence-corrected chi connectivity index (χ1v) is 15.3. The van der Waals surface area contributed by atoms with Crippen LogP contribution in [0.25, 0.3) is 0 Å². The van der Waals surface area contributed by atoms with Gasteiger partial charge in [-0.05, 0) is 145 Å². The quantitative estimate of drug-likeness (QED) is 0.290. The van der Waals surface area contributed by atoms with E-state index in [4.69, 9.17) is 11.6 Å². The van der Waals surface area contributed by atoms with Crippen LogP contribution < -0.4 is 5.32 Å². The van der Waals surface area contributed by atoms with E-state index in [1.807, 2.05) is 30.3 Å². The van der Waals surface area contributed by atoms with E-state index in [-0.39, 0.29) is 17.4 Å². The number of hydrogen-bond donors (Lipinski definition) is 1. The molecule has 40 heavy (non-hydrogen) atoms. The van der Waals surface area contributed by atoms with Crippen molar-refractivity contribution in [3.8, 4) is 0 Å². The second-order valence-corrected chi connectivity index (χ2v) is 13.1.